The van der Waals surface area contributed by atoms with Crippen molar-refractivity contribution >= 4 is 5.91 Å². The highest BCUT2D eigenvalue weighted by atomic mass is 16.5. The molecule has 5 heteroatoms. The van der Waals surface area contributed by atoms with Crippen LogP contribution in [-0.4, -0.2) is 29.3 Å². The summed E-state index contributed by atoms with van der Waals surface area (Å²) in [5, 5.41) is 20.6. The van der Waals surface area contributed by atoms with Crippen LogP contribution in [0.15, 0.2) is 24.3 Å². The summed E-state index contributed by atoms with van der Waals surface area (Å²) in [7, 11) is 0. The molecular formula is C14H16N2O3. The van der Waals surface area contributed by atoms with Gasteiger partial charge in [0.15, 0.2) is 6.10 Å². The second-order valence-electron chi connectivity index (χ2n) is 4.82. The third-order valence-electron chi connectivity index (χ3n) is 3.21. The molecule has 0 aromatic heterocycles. The normalized spacial score (nSPS) is 17.1. The van der Waals surface area contributed by atoms with Gasteiger partial charge in [0.2, 0.25) is 0 Å². The maximum atomic E-state index is 11.9. The minimum Gasteiger partial charge on any atom is -0.481 e. The Labute approximate surface area is 111 Å². The van der Waals surface area contributed by atoms with Crippen molar-refractivity contribution < 1.29 is 14.6 Å². The van der Waals surface area contributed by atoms with Gasteiger partial charge in [0.25, 0.3) is 5.91 Å². The zero-order valence-corrected chi connectivity index (χ0v) is 10.7. The molecule has 1 saturated carbocycles. The van der Waals surface area contributed by atoms with Crippen LogP contribution in [0.3, 0.4) is 0 Å². The second kappa shape index (κ2) is 5.29. The van der Waals surface area contributed by atoms with Gasteiger partial charge < -0.3 is 15.2 Å². The number of amides is 1. The first kappa shape index (κ1) is 13.4. The monoisotopic (exact) mass is 260 g/mol. The minimum atomic E-state index is -0.642. The molecule has 5 nitrogen and oxygen atoms in total. The summed E-state index contributed by atoms with van der Waals surface area (Å²) in [6.07, 6.45) is 0.967. The summed E-state index contributed by atoms with van der Waals surface area (Å²) in [5.74, 6) is 0.298. The van der Waals surface area contributed by atoms with Crippen LogP contribution in [0.2, 0.25) is 0 Å². The highest BCUT2D eigenvalue weighted by Gasteiger charge is 2.44. The Balaban J connectivity index is 1.91. The fraction of sp³-hybridized carbons (Fsp3) is 0.429. The van der Waals surface area contributed by atoms with Gasteiger partial charge in [-0.2, -0.15) is 5.26 Å². The SMILES string of the molecule is CC(Oc1ccc(C#N)cc1)C(=O)NC1(CO)CC1. The van der Waals surface area contributed by atoms with Gasteiger partial charge in [-0.25, -0.2) is 0 Å². The molecule has 19 heavy (non-hydrogen) atoms. The quantitative estimate of drug-likeness (QED) is 0.826. The van der Waals surface area contributed by atoms with Crippen molar-refractivity contribution in [2.24, 2.45) is 0 Å². The van der Waals surface area contributed by atoms with Crippen molar-refractivity contribution in [1.82, 2.24) is 5.32 Å². The molecule has 2 N–H and O–H groups in total. The third kappa shape index (κ3) is 3.24. The van der Waals surface area contributed by atoms with Crippen LogP contribution in [-0.2, 0) is 4.79 Å². The Hall–Kier alpha value is -2.06. The van der Waals surface area contributed by atoms with E-state index >= 15 is 0 Å². The van der Waals surface area contributed by atoms with Crippen molar-refractivity contribution in [3.63, 3.8) is 0 Å². The van der Waals surface area contributed by atoms with E-state index in [9.17, 15) is 4.79 Å². The van der Waals surface area contributed by atoms with Crippen molar-refractivity contribution in [1.29, 1.82) is 5.26 Å². The number of carbonyl (C=O) groups is 1. The van der Waals surface area contributed by atoms with E-state index in [4.69, 9.17) is 15.1 Å². The van der Waals surface area contributed by atoms with Gasteiger partial charge in [0.1, 0.15) is 5.75 Å². The fourth-order valence-corrected chi connectivity index (χ4v) is 1.70. The van der Waals surface area contributed by atoms with E-state index in [-0.39, 0.29) is 12.5 Å². The highest BCUT2D eigenvalue weighted by molar-refractivity contribution is 5.81. The number of rotatable bonds is 5. The first-order chi connectivity index (χ1) is 9.08. The Kier molecular flexibility index (Phi) is 3.72. The van der Waals surface area contributed by atoms with Gasteiger partial charge in [-0.1, -0.05) is 0 Å². The average Bonchev–Trinajstić information content (AvgIpc) is 3.20. The first-order valence-corrected chi connectivity index (χ1v) is 6.18. The number of hydrogen-bond acceptors (Lipinski definition) is 4. The van der Waals surface area contributed by atoms with Gasteiger partial charge in [-0.05, 0) is 44.0 Å². The number of nitrogens with one attached hydrogen (secondary N) is 1. The highest BCUT2D eigenvalue weighted by Crippen LogP contribution is 2.34. The lowest BCUT2D eigenvalue weighted by Crippen LogP contribution is -2.45. The molecule has 1 fully saturated rings. The van der Waals surface area contributed by atoms with Gasteiger partial charge >= 0.3 is 0 Å². The molecule has 1 aliphatic rings. The second-order valence-corrected chi connectivity index (χ2v) is 4.82. The van der Waals surface area contributed by atoms with Crippen molar-refractivity contribution in [2.45, 2.75) is 31.4 Å². The average molecular weight is 260 g/mol. The van der Waals surface area contributed by atoms with Crippen molar-refractivity contribution in [2.75, 3.05) is 6.61 Å². The molecule has 0 spiro atoms. The summed E-state index contributed by atoms with van der Waals surface area (Å²) in [5.41, 5.74) is 0.112. The molecule has 1 aliphatic carbocycles. The molecule has 0 heterocycles. The summed E-state index contributed by atoms with van der Waals surface area (Å²) in [6, 6.07) is 8.59. The lowest BCUT2D eigenvalue weighted by Gasteiger charge is -2.19. The van der Waals surface area contributed by atoms with Gasteiger partial charge in [-0.3, -0.25) is 4.79 Å². The number of nitrogens with zero attached hydrogens (tertiary/aromatic N) is 1. The number of benzene rings is 1. The van der Waals surface area contributed by atoms with E-state index < -0.39 is 11.6 Å². The minimum absolute atomic E-state index is 0.0394. The Morgan fingerprint density at radius 2 is 2.16 bits per heavy atom. The molecule has 100 valence electrons. The van der Waals surface area contributed by atoms with Gasteiger partial charge in [-0.15, -0.1) is 0 Å². The molecule has 1 unspecified atom stereocenters. The standard InChI is InChI=1S/C14H16N2O3/c1-10(13(18)16-14(9-17)6-7-14)19-12-4-2-11(8-15)3-5-12/h2-5,10,17H,6-7,9H2,1H3,(H,16,18). The number of hydrogen-bond donors (Lipinski definition) is 2. The number of carbonyl (C=O) groups excluding carboxylic acids is 1. The van der Waals surface area contributed by atoms with Gasteiger partial charge in [0, 0.05) is 0 Å². The molecule has 1 amide bonds. The van der Waals surface area contributed by atoms with E-state index in [1.54, 1.807) is 31.2 Å². The number of nitriles is 1. The molecule has 2 rings (SSSR count). The van der Waals surface area contributed by atoms with Crippen LogP contribution in [0.4, 0.5) is 0 Å². The Morgan fingerprint density at radius 3 is 2.63 bits per heavy atom. The molecule has 0 bridgehead atoms. The zero-order valence-electron chi connectivity index (χ0n) is 10.7. The van der Waals surface area contributed by atoms with Crippen LogP contribution in [0.25, 0.3) is 0 Å². The van der Waals surface area contributed by atoms with Crippen LogP contribution in [0, 0.1) is 11.3 Å². The van der Waals surface area contributed by atoms with E-state index in [1.807, 2.05) is 6.07 Å². The maximum Gasteiger partial charge on any atom is 0.261 e. The van der Waals surface area contributed by atoms with Crippen molar-refractivity contribution in [3.8, 4) is 11.8 Å². The van der Waals surface area contributed by atoms with E-state index in [0.29, 0.717) is 11.3 Å². The summed E-state index contributed by atoms with van der Waals surface area (Å²) >= 11 is 0. The van der Waals surface area contributed by atoms with Crippen LogP contribution in [0.1, 0.15) is 25.3 Å². The summed E-state index contributed by atoms with van der Waals surface area (Å²) in [6.45, 7) is 1.61. The van der Waals surface area contributed by atoms with Crippen LogP contribution < -0.4 is 10.1 Å². The molecule has 1 aromatic rings. The molecular weight excluding hydrogens is 244 g/mol. The van der Waals surface area contributed by atoms with Crippen LogP contribution >= 0.6 is 0 Å². The van der Waals surface area contributed by atoms with Crippen molar-refractivity contribution in [3.05, 3.63) is 29.8 Å². The predicted molar refractivity (Wildman–Crippen MR) is 68.4 cm³/mol. The zero-order chi connectivity index (χ0) is 13.9. The predicted octanol–water partition coefficient (Wildman–Crippen LogP) is 0.967. The fourth-order valence-electron chi connectivity index (χ4n) is 1.70. The number of aliphatic hydroxyl groups excluding tert-OH is 1. The number of aliphatic hydroxyl groups is 1. The summed E-state index contributed by atoms with van der Waals surface area (Å²) in [4.78, 5) is 11.9. The van der Waals surface area contributed by atoms with E-state index in [0.717, 1.165) is 12.8 Å². The maximum absolute atomic E-state index is 11.9. The molecule has 0 aliphatic heterocycles. The lowest BCUT2D eigenvalue weighted by molar-refractivity contribution is -0.128. The first-order valence-electron chi connectivity index (χ1n) is 6.18. The van der Waals surface area contributed by atoms with Crippen LogP contribution in [0.5, 0.6) is 5.75 Å². The molecule has 1 aromatic carbocycles. The van der Waals surface area contributed by atoms with E-state index in [2.05, 4.69) is 5.32 Å². The largest absolute Gasteiger partial charge is 0.481 e. The molecule has 0 radical (unpaired) electrons. The van der Waals surface area contributed by atoms with Gasteiger partial charge in [0.05, 0.1) is 23.8 Å². The Morgan fingerprint density at radius 1 is 1.53 bits per heavy atom. The molecule has 0 saturated heterocycles. The molecule has 1 atom stereocenters. The third-order valence-corrected chi connectivity index (χ3v) is 3.21. The topological polar surface area (TPSA) is 82.3 Å². The number of ether oxygens (including phenoxy) is 1. The van der Waals surface area contributed by atoms with E-state index in [1.165, 1.54) is 0 Å². The summed E-state index contributed by atoms with van der Waals surface area (Å²) < 4.78 is 5.49. The smallest absolute Gasteiger partial charge is 0.261 e. The lowest BCUT2D eigenvalue weighted by atomic mass is 10.2. The Bertz CT molecular complexity index is 500.